The Morgan fingerprint density at radius 2 is 2.03 bits per heavy atom. The van der Waals surface area contributed by atoms with Crippen LogP contribution in [-0.4, -0.2) is 45.1 Å². The van der Waals surface area contributed by atoms with Gasteiger partial charge in [-0.05, 0) is 49.1 Å². The van der Waals surface area contributed by atoms with Gasteiger partial charge in [-0.25, -0.2) is 13.2 Å². The van der Waals surface area contributed by atoms with Gasteiger partial charge >= 0.3 is 0 Å². The van der Waals surface area contributed by atoms with E-state index in [1.54, 1.807) is 30.0 Å². The summed E-state index contributed by atoms with van der Waals surface area (Å²) < 4.78 is 43.9. The standard InChI is InChI=1S/C23H23ClF3N3O2/c1-13-8-14(2-3-19(13)25)9-20(31)30-6-4-16(5-7-30)23(26,27)22(32)18-11-17(24)10-15-12-28-29-21(15)18/h2-3,8,10-12,16,22,32H,4-7,9H2,1H3,(H,28,29)/t22-/m1/s1. The lowest BCUT2D eigenvalue weighted by atomic mass is 9.84. The van der Waals surface area contributed by atoms with Crippen LogP contribution >= 0.6 is 11.6 Å². The molecular weight excluding hydrogens is 443 g/mol. The number of aromatic nitrogens is 2. The van der Waals surface area contributed by atoms with E-state index in [2.05, 4.69) is 10.2 Å². The molecule has 0 unspecified atom stereocenters. The van der Waals surface area contributed by atoms with Crippen molar-refractivity contribution < 1.29 is 23.1 Å². The summed E-state index contributed by atoms with van der Waals surface area (Å²) in [5.41, 5.74) is 1.46. The number of piperidine rings is 1. The van der Waals surface area contributed by atoms with Gasteiger partial charge in [0.25, 0.3) is 5.92 Å². The van der Waals surface area contributed by atoms with Crippen molar-refractivity contribution in [2.24, 2.45) is 5.92 Å². The quantitative estimate of drug-likeness (QED) is 0.568. The Bertz CT molecular complexity index is 1140. The lowest BCUT2D eigenvalue weighted by Gasteiger charge is -2.38. The number of H-pyrrole nitrogens is 1. The maximum Gasteiger partial charge on any atom is 0.280 e. The largest absolute Gasteiger partial charge is 0.382 e. The van der Waals surface area contributed by atoms with Crippen LogP contribution in [0.2, 0.25) is 5.02 Å². The lowest BCUT2D eigenvalue weighted by molar-refractivity contribution is -0.164. The van der Waals surface area contributed by atoms with E-state index in [1.807, 2.05) is 0 Å². The molecule has 1 aromatic heterocycles. The highest BCUT2D eigenvalue weighted by atomic mass is 35.5. The monoisotopic (exact) mass is 465 g/mol. The summed E-state index contributed by atoms with van der Waals surface area (Å²) in [5, 5.41) is 17.9. The Morgan fingerprint density at radius 1 is 1.31 bits per heavy atom. The molecule has 0 spiro atoms. The molecule has 0 aliphatic carbocycles. The molecule has 2 aromatic carbocycles. The molecular formula is C23H23ClF3N3O2. The predicted molar refractivity (Wildman–Crippen MR) is 115 cm³/mol. The zero-order chi connectivity index (χ0) is 23.0. The van der Waals surface area contributed by atoms with E-state index in [-0.39, 0.29) is 54.7 Å². The fourth-order valence-corrected chi connectivity index (χ4v) is 4.55. The zero-order valence-electron chi connectivity index (χ0n) is 17.4. The van der Waals surface area contributed by atoms with E-state index >= 15 is 8.78 Å². The van der Waals surface area contributed by atoms with Crippen molar-refractivity contribution >= 4 is 28.4 Å². The van der Waals surface area contributed by atoms with Crippen LogP contribution in [0, 0.1) is 18.7 Å². The molecule has 1 amide bonds. The molecule has 1 fully saturated rings. The second-order valence-corrected chi connectivity index (χ2v) is 8.76. The summed E-state index contributed by atoms with van der Waals surface area (Å²) in [6.07, 6.45) is -0.387. The number of benzene rings is 2. The first-order valence-corrected chi connectivity index (χ1v) is 10.8. The highest BCUT2D eigenvalue weighted by Gasteiger charge is 2.48. The summed E-state index contributed by atoms with van der Waals surface area (Å²) in [5.74, 6) is -5.03. The first kappa shape index (κ1) is 22.6. The number of carbonyl (C=O) groups is 1. The van der Waals surface area contributed by atoms with Crippen molar-refractivity contribution in [2.45, 2.75) is 38.2 Å². The second kappa shape index (κ2) is 8.75. The fraction of sp³-hybridized carbons (Fsp3) is 0.391. The van der Waals surface area contributed by atoms with Crippen molar-refractivity contribution in [3.05, 3.63) is 64.1 Å². The Labute approximate surface area is 188 Å². The fourth-order valence-electron chi connectivity index (χ4n) is 4.31. The maximum atomic E-state index is 15.2. The van der Waals surface area contributed by atoms with E-state index in [4.69, 9.17) is 11.6 Å². The third-order valence-electron chi connectivity index (χ3n) is 6.17. The van der Waals surface area contributed by atoms with Gasteiger partial charge in [-0.2, -0.15) is 5.10 Å². The Balaban J connectivity index is 1.42. The number of amides is 1. The van der Waals surface area contributed by atoms with Gasteiger partial charge in [0, 0.05) is 35.0 Å². The highest BCUT2D eigenvalue weighted by molar-refractivity contribution is 6.31. The number of aliphatic hydroxyl groups is 1. The Morgan fingerprint density at radius 3 is 2.72 bits per heavy atom. The average molecular weight is 466 g/mol. The van der Waals surface area contributed by atoms with Crippen LogP contribution in [0.5, 0.6) is 0 Å². The number of halogens is 4. The minimum Gasteiger partial charge on any atom is -0.382 e. The number of hydrogen-bond donors (Lipinski definition) is 2. The molecule has 5 nitrogen and oxygen atoms in total. The molecule has 1 aliphatic rings. The number of hydrogen-bond acceptors (Lipinski definition) is 3. The third-order valence-corrected chi connectivity index (χ3v) is 6.39. The van der Waals surface area contributed by atoms with Gasteiger partial charge in [0.05, 0.1) is 18.1 Å². The number of nitrogens with one attached hydrogen (secondary N) is 1. The van der Waals surface area contributed by atoms with Gasteiger partial charge in [-0.3, -0.25) is 9.89 Å². The number of rotatable bonds is 5. The Hall–Kier alpha value is -2.58. The van der Waals surface area contributed by atoms with Crippen molar-refractivity contribution in [2.75, 3.05) is 13.1 Å². The van der Waals surface area contributed by atoms with Crippen LogP contribution < -0.4 is 0 Å². The molecule has 2 N–H and O–H groups in total. The topological polar surface area (TPSA) is 69.2 Å². The molecule has 1 saturated heterocycles. The minimum absolute atomic E-state index is 0.000172. The molecule has 9 heteroatoms. The number of nitrogens with zero attached hydrogens (tertiary/aromatic N) is 2. The minimum atomic E-state index is -3.41. The van der Waals surface area contributed by atoms with E-state index in [0.717, 1.165) is 0 Å². The average Bonchev–Trinajstić information content (AvgIpc) is 3.23. The second-order valence-electron chi connectivity index (χ2n) is 8.32. The van der Waals surface area contributed by atoms with Crippen molar-refractivity contribution in [3.8, 4) is 0 Å². The summed E-state index contributed by atoms with van der Waals surface area (Å²) in [4.78, 5) is 14.1. The van der Waals surface area contributed by atoms with Crippen LogP contribution in [0.25, 0.3) is 10.9 Å². The van der Waals surface area contributed by atoms with Crippen molar-refractivity contribution in [1.82, 2.24) is 15.1 Å². The predicted octanol–water partition coefficient (Wildman–Crippen LogP) is 4.81. The van der Waals surface area contributed by atoms with E-state index in [0.29, 0.717) is 22.0 Å². The summed E-state index contributed by atoms with van der Waals surface area (Å²) >= 11 is 6.04. The first-order valence-electron chi connectivity index (χ1n) is 10.4. The number of carbonyl (C=O) groups excluding carboxylic acids is 1. The molecule has 32 heavy (non-hydrogen) atoms. The zero-order valence-corrected chi connectivity index (χ0v) is 18.2. The highest BCUT2D eigenvalue weighted by Crippen LogP contribution is 2.44. The van der Waals surface area contributed by atoms with Gasteiger partial charge in [0.2, 0.25) is 5.91 Å². The third kappa shape index (κ3) is 4.34. The number of aryl methyl sites for hydroxylation is 1. The lowest BCUT2D eigenvalue weighted by Crippen LogP contribution is -2.45. The van der Waals surface area contributed by atoms with Crippen LogP contribution in [-0.2, 0) is 11.2 Å². The molecule has 3 aromatic rings. The SMILES string of the molecule is Cc1cc(CC(=O)N2CCC(C(F)(F)[C@H](O)c3cc(Cl)cc4cn[nH]c34)CC2)ccc1F. The molecule has 1 atom stereocenters. The number of alkyl halides is 2. The molecule has 0 saturated carbocycles. The van der Waals surface area contributed by atoms with Crippen LogP contribution in [0.3, 0.4) is 0 Å². The first-order chi connectivity index (χ1) is 15.2. The van der Waals surface area contributed by atoms with Crippen molar-refractivity contribution in [1.29, 1.82) is 0 Å². The molecule has 170 valence electrons. The Kier molecular flexibility index (Phi) is 6.18. The maximum absolute atomic E-state index is 15.2. The van der Waals surface area contributed by atoms with Crippen LogP contribution in [0.4, 0.5) is 13.2 Å². The molecule has 2 heterocycles. The van der Waals surface area contributed by atoms with Crippen LogP contribution in [0.15, 0.2) is 36.5 Å². The van der Waals surface area contributed by atoms with Gasteiger partial charge in [0.1, 0.15) is 11.9 Å². The number of fused-ring (bicyclic) bond motifs is 1. The van der Waals surface area contributed by atoms with E-state index in [9.17, 15) is 14.3 Å². The number of aromatic amines is 1. The van der Waals surface area contributed by atoms with Crippen molar-refractivity contribution in [3.63, 3.8) is 0 Å². The summed E-state index contributed by atoms with van der Waals surface area (Å²) in [6.45, 7) is 1.96. The summed E-state index contributed by atoms with van der Waals surface area (Å²) in [6, 6.07) is 7.40. The number of aliphatic hydroxyl groups excluding tert-OH is 1. The smallest absolute Gasteiger partial charge is 0.280 e. The van der Waals surface area contributed by atoms with Gasteiger partial charge in [0.15, 0.2) is 0 Å². The molecule has 0 bridgehead atoms. The van der Waals surface area contributed by atoms with Crippen LogP contribution in [0.1, 0.15) is 35.6 Å². The number of likely N-dealkylation sites (tertiary alicyclic amines) is 1. The molecule has 1 aliphatic heterocycles. The van der Waals surface area contributed by atoms with E-state index in [1.165, 1.54) is 18.3 Å². The summed E-state index contributed by atoms with van der Waals surface area (Å²) in [7, 11) is 0. The van der Waals surface area contributed by atoms with Gasteiger partial charge < -0.3 is 10.0 Å². The van der Waals surface area contributed by atoms with E-state index < -0.39 is 17.9 Å². The molecule has 0 radical (unpaired) electrons. The molecule has 4 rings (SSSR count). The van der Waals surface area contributed by atoms with Gasteiger partial charge in [-0.15, -0.1) is 0 Å². The normalized spacial score (nSPS) is 16.5. The van der Waals surface area contributed by atoms with Gasteiger partial charge in [-0.1, -0.05) is 23.7 Å².